The number of aryl methyl sites for hydroxylation is 1. The summed E-state index contributed by atoms with van der Waals surface area (Å²) in [5.74, 6) is 0.853. The molecule has 136 valence electrons. The molecule has 1 aromatic heterocycles. The van der Waals surface area contributed by atoms with Gasteiger partial charge in [0, 0.05) is 18.4 Å². The third-order valence-electron chi connectivity index (χ3n) is 5.48. The van der Waals surface area contributed by atoms with E-state index in [-0.39, 0.29) is 11.9 Å². The predicted molar refractivity (Wildman–Crippen MR) is 104 cm³/mol. The van der Waals surface area contributed by atoms with Crippen molar-refractivity contribution in [1.29, 1.82) is 0 Å². The molecule has 0 unspecified atom stereocenters. The number of anilines is 1. The third-order valence-corrected chi connectivity index (χ3v) is 5.48. The van der Waals surface area contributed by atoms with Crippen molar-refractivity contribution in [2.75, 3.05) is 11.9 Å². The van der Waals surface area contributed by atoms with E-state index in [9.17, 15) is 4.79 Å². The van der Waals surface area contributed by atoms with Crippen molar-refractivity contribution >= 4 is 11.6 Å². The summed E-state index contributed by atoms with van der Waals surface area (Å²) in [7, 11) is 0. The van der Waals surface area contributed by atoms with Crippen molar-refractivity contribution in [3.8, 4) is 0 Å². The van der Waals surface area contributed by atoms with Crippen LogP contribution in [-0.4, -0.2) is 28.4 Å². The molecule has 1 saturated heterocycles. The van der Waals surface area contributed by atoms with Gasteiger partial charge in [0.05, 0.1) is 11.7 Å². The van der Waals surface area contributed by atoms with E-state index in [0.29, 0.717) is 0 Å². The van der Waals surface area contributed by atoms with Crippen LogP contribution in [0.1, 0.15) is 54.8 Å². The fourth-order valence-electron chi connectivity index (χ4n) is 3.76. The van der Waals surface area contributed by atoms with Crippen molar-refractivity contribution in [1.82, 2.24) is 9.88 Å². The van der Waals surface area contributed by atoms with Crippen LogP contribution in [-0.2, 0) is 11.3 Å². The Morgan fingerprint density at radius 1 is 1.12 bits per heavy atom. The number of rotatable bonds is 5. The van der Waals surface area contributed by atoms with Gasteiger partial charge in [-0.1, -0.05) is 24.6 Å². The maximum Gasteiger partial charge on any atom is 0.241 e. The van der Waals surface area contributed by atoms with Crippen LogP contribution in [0.3, 0.4) is 0 Å². The van der Waals surface area contributed by atoms with Gasteiger partial charge < -0.3 is 5.32 Å². The average Bonchev–Trinajstić information content (AvgIpc) is 3.50. The number of benzene rings is 1. The monoisotopic (exact) mass is 349 g/mol. The number of nitrogens with zero attached hydrogens (tertiary/aromatic N) is 2. The van der Waals surface area contributed by atoms with Crippen molar-refractivity contribution in [3.05, 3.63) is 59.4 Å². The van der Waals surface area contributed by atoms with Gasteiger partial charge in [-0.05, 0) is 74.4 Å². The van der Waals surface area contributed by atoms with E-state index in [1.54, 1.807) is 0 Å². The minimum atomic E-state index is -0.0741. The van der Waals surface area contributed by atoms with Gasteiger partial charge in [0.15, 0.2) is 0 Å². The van der Waals surface area contributed by atoms with Gasteiger partial charge in [-0.3, -0.25) is 14.7 Å². The second-order valence-corrected chi connectivity index (χ2v) is 7.69. The molecule has 0 bridgehead atoms. The highest BCUT2D eigenvalue weighted by Gasteiger charge is 2.29. The number of hydrogen-bond donors (Lipinski definition) is 1. The fraction of sp³-hybridized carbons (Fsp3) is 0.455. The zero-order valence-corrected chi connectivity index (χ0v) is 15.4. The second-order valence-electron chi connectivity index (χ2n) is 7.69. The quantitative estimate of drug-likeness (QED) is 0.877. The first-order valence-electron chi connectivity index (χ1n) is 9.75. The van der Waals surface area contributed by atoms with Crippen molar-refractivity contribution in [2.45, 2.75) is 57.5 Å². The number of likely N-dealkylation sites (tertiary alicyclic amines) is 1. The van der Waals surface area contributed by atoms with Crippen molar-refractivity contribution < 1.29 is 4.79 Å². The molecule has 4 rings (SSSR count). The van der Waals surface area contributed by atoms with Crippen LogP contribution in [0.2, 0.25) is 0 Å². The Bertz CT molecular complexity index is 750. The van der Waals surface area contributed by atoms with Crippen molar-refractivity contribution in [3.63, 3.8) is 0 Å². The Morgan fingerprint density at radius 2 is 1.92 bits per heavy atom. The largest absolute Gasteiger partial charge is 0.325 e. The lowest BCUT2D eigenvalue weighted by atomic mass is 10.0. The van der Waals surface area contributed by atoms with E-state index in [4.69, 9.17) is 0 Å². The molecule has 1 aliphatic carbocycles. The molecule has 0 radical (unpaired) electrons. The molecule has 2 heterocycles. The number of hydrogen-bond acceptors (Lipinski definition) is 3. The first-order chi connectivity index (χ1) is 12.7. The highest BCUT2D eigenvalue weighted by molar-refractivity contribution is 5.94. The lowest BCUT2D eigenvalue weighted by molar-refractivity contribution is -0.122. The molecular formula is C22H27N3O. The molecule has 2 aromatic rings. The molecule has 1 N–H and O–H groups in total. The van der Waals surface area contributed by atoms with E-state index < -0.39 is 0 Å². The maximum absolute atomic E-state index is 12.9. The molecule has 2 fully saturated rings. The van der Waals surface area contributed by atoms with Crippen LogP contribution in [0.5, 0.6) is 0 Å². The van der Waals surface area contributed by atoms with Gasteiger partial charge in [-0.25, -0.2) is 0 Å². The minimum Gasteiger partial charge on any atom is -0.325 e. The highest BCUT2D eigenvalue weighted by Crippen LogP contribution is 2.40. The zero-order valence-electron chi connectivity index (χ0n) is 15.4. The van der Waals surface area contributed by atoms with Crippen LogP contribution in [0.4, 0.5) is 5.69 Å². The molecule has 1 aromatic carbocycles. The van der Waals surface area contributed by atoms with Gasteiger partial charge in [-0.15, -0.1) is 0 Å². The number of pyridine rings is 1. The molecule has 1 aliphatic heterocycles. The van der Waals surface area contributed by atoms with Gasteiger partial charge >= 0.3 is 0 Å². The van der Waals surface area contributed by atoms with E-state index in [0.717, 1.165) is 55.2 Å². The van der Waals surface area contributed by atoms with E-state index in [1.807, 2.05) is 25.3 Å². The first kappa shape index (κ1) is 17.2. The Hall–Kier alpha value is -2.20. The number of amides is 1. The number of carbonyl (C=O) groups is 1. The first-order valence-corrected chi connectivity index (χ1v) is 9.75. The van der Waals surface area contributed by atoms with E-state index in [2.05, 4.69) is 39.5 Å². The second kappa shape index (κ2) is 7.58. The number of aromatic nitrogens is 1. The van der Waals surface area contributed by atoms with Gasteiger partial charge in [0.2, 0.25) is 5.91 Å². The van der Waals surface area contributed by atoms with Gasteiger partial charge in [0.1, 0.15) is 0 Å². The van der Waals surface area contributed by atoms with Crippen LogP contribution in [0.15, 0.2) is 42.6 Å². The Balaban J connectivity index is 1.41. The summed E-state index contributed by atoms with van der Waals surface area (Å²) < 4.78 is 0. The van der Waals surface area contributed by atoms with Crippen LogP contribution in [0, 0.1) is 6.92 Å². The number of nitrogens with one attached hydrogen (secondary N) is 1. The molecule has 2 aliphatic rings. The molecule has 1 amide bonds. The molecule has 0 spiro atoms. The van der Waals surface area contributed by atoms with Crippen LogP contribution >= 0.6 is 0 Å². The molecule has 1 saturated carbocycles. The maximum atomic E-state index is 12.9. The zero-order chi connectivity index (χ0) is 17.9. The predicted octanol–water partition coefficient (Wildman–Crippen LogP) is 4.26. The lowest BCUT2D eigenvalue weighted by Gasteiger charge is -2.34. The summed E-state index contributed by atoms with van der Waals surface area (Å²) in [4.78, 5) is 19.7. The van der Waals surface area contributed by atoms with Gasteiger partial charge in [-0.2, -0.15) is 0 Å². The summed E-state index contributed by atoms with van der Waals surface area (Å²) in [6, 6.07) is 12.5. The molecule has 1 atom stereocenters. The average molecular weight is 349 g/mol. The summed E-state index contributed by atoms with van der Waals surface area (Å²) in [5, 5.41) is 3.12. The molecule has 26 heavy (non-hydrogen) atoms. The molecule has 4 heteroatoms. The summed E-state index contributed by atoms with van der Waals surface area (Å²) in [5.41, 5.74) is 4.49. The Kier molecular flexibility index (Phi) is 5.02. The van der Waals surface area contributed by atoms with Crippen LogP contribution < -0.4 is 5.32 Å². The summed E-state index contributed by atoms with van der Waals surface area (Å²) in [6.07, 6.45) is 7.67. The smallest absolute Gasteiger partial charge is 0.241 e. The Labute approximate surface area is 155 Å². The van der Waals surface area contributed by atoms with Crippen LogP contribution in [0.25, 0.3) is 0 Å². The normalized spacial score (nSPS) is 20.7. The lowest BCUT2D eigenvalue weighted by Crippen LogP contribution is -2.46. The van der Waals surface area contributed by atoms with Gasteiger partial charge in [0.25, 0.3) is 0 Å². The van der Waals surface area contributed by atoms with Crippen molar-refractivity contribution in [2.24, 2.45) is 0 Å². The van der Waals surface area contributed by atoms with E-state index in [1.165, 1.54) is 18.4 Å². The third kappa shape index (κ3) is 4.13. The topological polar surface area (TPSA) is 45.2 Å². The SMILES string of the molecule is Cc1ccc(CN2CCCC[C@@H]2C(=O)Nc2ccc(C3CC3)cc2)nc1. The Morgan fingerprint density at radius 3 is 2.62 bits per heavy atom. The molecular weight excluding hydrogens is 322 g/mol. The number of carbonyl (C=O) groups excluding carboxylic acids is 1. The summed E-state index contributed by atoms with van der Waals surface area (Å²) >= 11 is 0. The number of piperidine rings is 1. The standard InChI is InChI=1S/C22H27N3O/c1-16-5-10-20(23-14-16)15-25-13-3-2-4-21(25)22(26)24-19-11-8-18(9-12-19)17-6-7-17/h5,8-12,14,17,21H,2-4,6-7,13,15H2,1H3,(H,24,26)/t21-/m1/s1. The fourth-order valence-corrected chi connectivity index (χ4v) is 3.76. The van der Waals surface area contributed by atoms with E-state index >= 15 is 0 Å². The highest BCUT2D eigenvalue weighted by atomic mass is 16.2. The minimum absolute atomic E-state index is 0.0741. The summed E-state index contributed by atoms with van der Waals surface area (Å²) in [6.45, 7) is 3.73. The molecule has 4 nitrogen and oxygen atoms in total.